The predicted molar refractivity (Wildman–Crippen MR) is 127 cm³/mol. The molecule has 7 heteroatoms. The number of rotatable bonds is 19. The molecule has 0 aromatic heterocycles. The first-order valence-electron chi connectivity index (χ1n) is 11.4. The van der Waals surface area contributed by atoms with Gasteiger partial charge in [-0.1, -0.05) is 76.9 Å². The fraction of sp³-hybridized carbons (Fsp3) is 0.909. The summed E-state index contributed by atoms with van der Waals surface area (Å²) in [6.07, 6.45) is 21.7. The fourth-order valence-electron chi connectivity index (χ4n) is 2.74. The van der Waals surface area contributed by atoms with Gasteiger partial charge in [0.05, 0.1) is 6.61 Å². The number of phosphoric ester groups is 1. The first kappa shape index (κ1) is 35.0. The van der Waals surface area contributed by atoms with Crippen LogP contribution in [-0.4, -0.2) is 81.0 Å². The van der Waals surface area contributed by atoms with E-state index in [1.165, 1.54) is 70.6 Å². The molecule has 0 bridgehead atoms. The molecule has 0 amide bonds. The van der Waals surface area contributed by atoms with E-state index in [1.807, 2.05) is 13.8 Å². The van der Waals surface area contributed by atoms with E-state index in [4.69, 9.17) is 14.5 Å². The zero-order valence-corrected chi connectivity index (χ0v) is 19.6. The molecule has 0 heterocycles. The average Bonchev–Trinajstić information content (AvgIpc) is 2.64. The van der Waals surface area contributed by atoms with Crippen LogP contribution in [0.25, 0.3) is 0 Å². The van der Waals surface area contributed by atoms with Gasteiger partial charge < -0.3 is 14.5 Å². The summed E-state index contributed by atoms with van der Waals surface area (Å²) >= 11 is 0. The summed E-state index contributed by atoms with van der Waals surface area (Å²) in [5.74, 6) is 0. The molecule has 0 aromatic carbocycles. The van der Waals surface area contributed by atoms with E-state index in [0.29, 0.717) is 0 Å². The molecular weight excluding hydrogens is 414 g/mol. The van der Waals surface area contributed by atoms with Crippen molar-refractivity contribution in [2.24, 2.45) is 0 Å². The number of unbranched alkanes of at least 4 members (excludes halogenated alkanes) is 12. The summed E-state index contributed by atoms with van der Waals surface area (Å²) in [6, 6.07) is 0. The quantitative estimate of drug-likeness (QED) is 0.0988. The molecule has 0 aliphatic carbocycles. The molecule has 0 rings (SSSR count). The van der Waals surface area contributed by atoms with Crippen molar-refractivity contribution in [3.8, 4) is 0 Å². The minimum absolute atomic E-state index is 0. The molecule has 0 saturated heterocycles. The van der Waals surface area contributed by atoms with Crippen LogP contribution in [0.1, 0.15) is 111 Å². The molecule has 0 saturated carbocycles. The zero-order chi connectivity index (χ0) is 21.3. The summed E-state index contributed by atoms with van der Waals surface area (Å²) in [6.45, 7) is 8.08. The van der Waals surface area contributed by atoms with Crippen molar-refractivity contribution in [3.63, 3.8) is 0 Å². The first-order chi connectivity index (χ1) is 13.5. The Morgan fingerprint density at radius 3 is 1.48 bits per heavy atom. The molecule has 0 aromatic rings. The van der Waals surface area contributed by atoms with Crippen molar-refractivity contribution in [3.05, 3.63) is 12.2 Å². The van der Waals surface area contributed by atoms with Gasteiger partial charge in [-0.2, -0.15) is 0 Å². The molecule has 5 nitrogen and oxygen atoms in total. The van der Waals surface area contributed by atoms with Gasteiger partial charge in [-0.05, 0) is 46.0 Å². The normalized spacial score (nSPS) is 11.2. The second-order valence-electron chi connectivity index (χ2n) is 7.04. The van der Waals surface area contributed by atoms with Crippen LogP contribution in [-0.2, 0) is 13.8 Å². The van der Waals surface area contributed by atoms with Crippen LogP contribution in [0.15, 0.2) is 12.2 Å². The summed E-state index contributed by atoms with van der Waals surface area (Å²) in [5, 5.41) is 0. The molecule has 29 heavy (non-hydrogen) atoms. The van der Waals surface area contributed by atoms with Gasteiger partial charge in [0.2, 0.25) is 0 Å². The van der Waals surface area contributed by atoms with E-state index in [0.717, 1.165) is 32.5 Å². The Bertz CT molecular complexity index is 359. The van der Waals surface area contributed by atoms with E-state index in [1.54, 1.807) is 0 Å². The van der Waals surface area contributed by atoms with Gasteiger partial charge in [0.15, 0.2) is 0 Å². The van der Waals surface area contributed by atoms with Gasteiger partial charge in [0.25, 0.3) is 0 Å². The number of phosphoric acid groups is 1. The molecule has 0 spiro atoms. The van der Waals surface area contributed by atoms with E-state index in [-0.39, 0.29) is 58.0 Å². The summed E-state index contributed by atoms with van der Waals surface area (Å²) in [5.41, 5.74) is 0. The molecular formula is C22H48KO5P. The summed E-state index contributed by atoms with van der Waals surface area (Å²) in [4.78, 5) is 17.1. The molecule has 0 unspecified atom stereocenters. The number of hydrogen-bond donors (Lipinski definition) is 2. The van der Waals surface area contributed by atoms with Gasteiger partial charge in [-0.25, -0.2) is 4.57 Å². The summed E-state index contributed by atoms with van der Waals surface area (Å²) < 4.78 is 19.7. The Balaban J connectivity index is -0.000000997. The fourth-order valence-corrected chi connectivity index (χ4v) is 3.10. The van der Waals surface area contributed by atoms with Gasteiger partial charge in [0.1, 0.15) is 0 Å². The van der Waals surface area contributed by atoms with Crippen LogP contribution in [0.4, 0.5) is 0 Å². The number of ether oxygens (including phenoxy) is 1. The minimum atomic E-state index is -4.26. The SMILES string of the molecule is CCCCCCCC/C=C\CCCCCCCCOP(=O)(O)O.CCOCC.[KH]. The Morgan fingerprint density at radius 1 is 0.690 bits per heavy atom. The van der Waals surface area contributed by atoms with Crippen molar-refractivity contribution >= 4 is 59.2 Å². The number of allylic oxidation sites excluding steroid dienone is 2. The van der Waals surface area contributed by atoms with E-state index in [9.17, 15) is 4.57 Å². The third-order valence-corrected chi connectivity index (χ3v) is 4.84. The first-order valence-corrected chi connectivity index (χ1v) is 12.9. The third kappa shape index (κ3) is 40.4. The molecule has 172 valence electrons. The molecule has 0 aliphatic rings. The van der Waals surface area contributed by atoms with Crippen molar-refractivity contribution in [1.82, 2.24) is 0 Å². The average molecular weight is 463 g/mol. The molecule has 2 N–H and O–H groups in total. The monoisotopic (exact) mass is 462 g/mol. The second kappa shape index (κ2) is 29.4. The Hall–Kier alpha value is 1.45. The van der Waals surface area contributed by atoms with Crippen LogP contribution in [0.5, 0.6) is 0 Å². The van der Waals surface area contributed by atoms with Gasteiger partial charge in [0, 0.05) is 13.2 Å². The zero-order valence-electron chi connectivity index (χ0n) is 18.7. The van der Waals surface area contributed by atoms with Crippen LogP contribution in [0.3, 0.4) is 0 Å². The van der Waals surface area contributed by atoms with Crippen molar-refractivity contribution in [2.75, 3.05) is 19.8 Å². The summed E-state index contributed by atoms with van der Waals surface area (Å²) in [7, 11) is -4.26. The Morgan fingerprint density at radius 2 is 1.10 bits per heavy atom. The maximum atomic E-state index is 10.5. The van der Waals surface area contributed by atoms with Crippen LogP contribution >= 0.6 is 7.82 Å². The van der Waals surface area contributed by atoms with Crippen LogP contribution in [0.2, 0.25) is 0 Å². The van der Waals surface area contributed by atoms with Gasteiger partial charge in [-0.3, -0.25) is 4.52 Å². The topological polar surface area (TPSA) is 76.0 Å². The number of hydrogen-bond acceptors (Lipinski definition) is 3. The van der Waals surface area contributed by atoms with Crippen LogP contribution < -0.4 is 0 Å². The predicted octanol–water partition coefficient (Wildman–Crippen LogP) is 6.53. The Kier molecular flexibility index (Phi) is 35.6. The molecule has 0 radical (unpaired) electrons. The van der Waals surface area contributed by atoms with Gasteiger partial charge >= 0.3 is 59.2 Å². The van der Waals surface area contributed by atoms with Crippen molar-refractivity contribution in [1.29, 1.82) is 0 Å². The van der Waals surface area contributed by atoms with Crippen molar-refractivity contribution < 1.29 is 23.6 Å². The van der Waals surface area contributed by atoms with Crippen molar-refractivity contribution in [2.45, 2.75) is 111 Å². The molecule has 0 atom stereocenters. The van der Waals surface area contributed by atoms with Crippen LogP contribution in [0, 0.1) is 0 Å². The second-order valence-corrected chi connectivity index (χ2v) is 8.28. The third-order valence-electron chi connectivity index (χ3n) is 4.32. The van der Waals surface area contributed by atoms with E-state index in [2.05, 4.69) is 23.6 Å². The van der Waals surface area contributed by atoms with Gasteiger partial charge in [-0.15, -0.1) is 0 Å². The molecule has 0 aliphatic heterocycles. The standard InChI is InChI=1S/C18H37O4P.C4H10O.K.H/c1-2-3-4-5-6-7-8-9-10-11-12-13-14-15-16-17-18-22-23(19,20)21;1-3-5-4-2;;/h9-10H,2-8,11-18H2,1H3,(H2,19,20,21);3-4H2,1-2H3;;/b10-9-;;;. The van der Waals surface area contributed by atoms with E-state index >= 15 is 0 Å². The van der Waals surface area contributed by atoms with E-state index < -0.39 is 7.82 Å². The Labute approximate surface area is 223 Å². The molecule has 0 fully saturated rings. The maximum absolute atomic E-state index is 10.5.